The fourth-order valence-corrected chi connectivity index (χ4v) is 3.69. The van der Waals surface area contributed by atoms with E-state index in [1.807, 2.05) is 68.4 Å². The molecule has 1 aliphatic rings. The average molecular weight is 381 g/mol. The molecule has 0 N–H and O–H groups in total. The van der Waals surface area contributed by atoms with Crippen molar-refractivity contribution in [3.8, 4) is 0 Å². The molecular formula is C21H24N4OS. The van der Waals surface area contributed by atoms with Crippen molar-refractivity contribution in [3.63, 3.8) is 0 Å². The van der Waals surface area contributed by atoms with Crippen molar-refractivity contribution >= 4 is 34.7 Å². The third-order valence-corrected chi connectivity index (χ3v) is 5.54. The van der Waals surface area contributed by atoms with Gasteiger partial charge in [-0.1, -0.05) is 48.2 Å². The highest BCUT2D eigenvalue weighted by Crippen LogP contribution is 2.29. The number of amides is 1. The van der Waals surface area contributed by atoms with E-state index in [4.69, 9.17) is 0 Å². The minimum Gasteiger partial charge on any atom is -0.378 e. The molecule has 6 heteroatoms. The highest BCUT2D eigenvalue weighted by molar-refractivity contribution is 8.15. The Morgan fingerprint density at radius 3 is 2.52 bits per heavy atom. The summed E-state index contributed by atoms with van der Waals surface area (Å²) < 4.78 is 0. The SMILES string of the molecule is Cc1ccccc1CN1C(=O)C(C)SC1=NN=Cc1ccc(N(C)C)cc1. The van der Waals surface area contributed by atoms with Crippen molar-refractivity contribution in [1.82, 2.24) is 4.90 Å². The van der Waals surface area contributed by atoms with Crippen LogP contribution in [0.5, 0.6) is 0 Å². The predicted octanol–water partition coefficient (Wildman–Crippen LogP) is 3.92. The van der Waals surface area contributed by atoms with Crippen LogP contribution in [-0.4, -0.2) is 41.5 Å². The van der Waals surface area contributed by atoms with Crippen LogP contribution in [0.3, 0.4) is 0 Å². The van der Waals surface area contributed by atoms with Crippen LogP contribution in [0, 0.1) is 6.92 Å². The number of carbonyl (C=O) groups excluding carboxylic acids is 1. The smallest absolute Gasteiger partial charge is 0.242 e. The summed E-state index contributed by atoms with van der Waals surface area (Å²) in [6.45, 7) is 4.48. The topological polar surface area (TPSA) is 48.3 Å². The van der Waals surface area contributed by atoms with Crippen LogP contribution in [0.2, 0.25) is 0 Å². The summed E-state index contributed by atoms with van der Waals surface area (Å²) in [7, 11) is 4.02. The van der Waals surface area contributed by atoms with E-state index in [2.05, 4.69) is 23.2 Å². The first-order valence-corrected chi connectivity index (χ1v) is 9.74. The lowest BCUT2D eigenvalue weighted by Gasteiger charge is -2.16. The summed E-state index contributed by atoms with van der Waals surface area (Å²) in [6, 6.07) is 16.2. The molecule has 1 heterocycles. The summed E-state index contributed by atoms with van der Waals surface area (Å²) in [6.07, 6.45) is 1.71. The van der Waals surface area contributed by atoms with Gasteiger partial charge in [-0.05, 0) is 42.7 Å². The van der Waals surface area contributed by atoms with Crippen LogP contribution in [0.4, 0.5) is 5.69 Å². The van der Waals surface area contributed by atoms with Crippen LogP contribution in [-0.2, 0) is 11.3 Å². The molecule has 27 heavy (non-hydrogen) atoms. The first-order valence-electron chi connectivity index (χ1n) is 8.86. The number of anilines is 1. The largest absolute Gasteiger partial charge is 0.378 e. The number of nitrogens with zero attached hydrogens (tertiary/aromatic N) is 4. The quantitative estimate of drug-likeness (QED) is 0.584. The Hall–Kier alpha value is -2.60. The van der Waals surface area contributed by atoms with Crippen LogP contribution in [0.1, 0.15) is 23.6 Å². The minimum absolute atomic E-state index is 0.0764. The number of thioether (sulfide) groups is 1. The molecule has 5 nitrogen and oxygen atoms in total. The van der Waals surface area contributed by atoms with E-state index in [1.165, 1.54) is 17.3 Å². The molecule has 1 fully saturated rings. The van der Waals surface area contributed by atoms with E-state index in [0.717, 1.165) is 16.8 Å². The maximum absolute atomic E-state index is 12.5. The first-order chi connectivity index (χ1) is 13.0. The molecule has 0 aliphatic carbocycles. The van der Waals surface area contributed by atoms with Crippen molar-refractivity contribution in [2.45, 2.75) is 25.6 Å². The minimum atomic E-state index is -0.137. The van der Waals surface area contributed by atoms with Crippen molar-refractivity contribution in [2.75, 3.05) is 19.0 Å². The zero-order chi connectivity index (χ0) is 19.4. The monoisotopic (exact) mass is 380 g/mol. The highest BCUT2D eigenvalue weighted by atomic mass is 32.2. The van der Waals surface area contributed by atoms with E-state index in [0.29, 0.717) is 11.7 Å². The van der Waals surface area contributed by atoms with Gasteiger partial charge in [0.05, 0.1) is 18.0 Å². The molecule has 1 amide bonds. The number of hydrogen-bond donors (Lipinski definition) is 0. The van der Waals surface area contributed by atoms with Crippen molar-refractivity contribution < 1.29 is 4.79 Å². The molecule has 1 saturated heterocycles. The number of aryl methyl sites for hydroxylation is 1. The molecule has 140 valence electrons. The number of benzene rings is 2. The summed E-state index contributed by atoms with van der Waals surface area (Å²) >= 11 is 1.45. The van der Waals surface area contributed by atoms with Gasteiger partial charge >= 0.3 is 0 Å². The summed E-state index contributed by atoms with van der Waals surface area (Å²) in [5, 5.41) is 9.06. The Morgan fingerprint density at radius 1 is 1.15 bits per heavy atom. The van der Waals surface area contributed by atoms with E-state index in [1.54, 1.807) is 11.1 Å². The van der Waals surface area contributed by atoms with Crippen molar-refractivity contribution in [3.05, 3.63) is 65.2 Å². The second-order valence-electron chi connectivity index (χ2n) is 6.72. The molecule has 0 spiro atoms. The Kier molecular flexibility index (Phi) is 5.96. The number of carbonyl (C=O) groups is 1. The maximum Gasteiger partial charge on any atom is 0.242 e. The third-order valence-electron chi connectivity index (χ3n) is 4.48. The maximum atomic E-state index is 12.5. The van der Waals surface area contributed by atoms with Gasteiger partial charge in [0.15, 0.2) is 5.17 Å². The van der Waals surface area contributed by atoms with Gasteiger partial charge in [-0.15, -0.1) is 5.10 Å². The van der Waals surface area contributed by atoms with E-state index in [-0.39, 0.29) is 11.2 Å². The zero-order valence-corrected chi connectivity index (χ0v) is 16.9. The normalized spacial score (nSPS) is 18.7. The van der Waals surface area contributed by atoms with Gasteiger partial charge in [0.2, 0.25) is 5.91 Å². The Bertz CT molecular complexity index is 874. The van der Waals surface area contributed by atoms with Crippen molar-refractivity contribution in [1.29, 1.82) is 0 Å². The Morgan fingerprint density at radius 2 is 1.85 bits per heavy atom. The summed E-state index contributed by atoms with van der Waals surface area (Å²) in [5.41, 5.74) is 4.39. The van der Waals surface area contributed by atoms with Gasteiger partial charge in [0.1, 0.15) is 0 Å². The lowest BCUT2D eigenvalue weighted by atomic mass is 10.1. The molecule has 1 aliphatic heterocycles. The molecule has 0 saturated carbocycles. The second-order valence-corrected chi connectivity index (χ2v) is 8.03. The molecule has 0 aromatic heterocycles. The van der Waals surface area contributed by atoms with Gasteiger partial charge in [0.25, 0.3) is 0 Å². The predicted molar refractivity (Wildman–Crippen MR) is 115 cm³/mol. The third kappa shape index (κ3) is 4.57. The van der Waals surface area contributed by atoms with E-state index >= 15 is 0 Å². The Labute approximate surface area is 164 Å². The van der Waals surface area contributed by atoms with Gasteiger partial charge in [-0.3, -0.25) is 9.69 Å². The van der Waals surface area contributed by atoms with Crippen LogP contribution >= 0.6 is 11.8 Å². The fourth-order valence-electron chi connectivity index (χ4n) is 2.77. The van der Waals surface area contributed by atoms with Crippen LogP contribution in [0.15, 0.2) is 58.7 Å². The fraction of sp³-hybridized carbons (Fsp3) is 0.286. The molecule has 1 atom stereocenters. The van der Waals surface area contributed by atoms with Gasteiger partial charge in [0, 0.05) is 19.8 Å². The number of rotatable bonds is 5. The first kappa shape index (κ1) is 19.2. The van der Waals surface area contributed by atoms with Gasteiger partial charge < -0.3 is 4.90 Å². The van der Waals surface area contributed by atoms with Gasteiger partial charge in [-0.2, -0.15) is 5.10 Å². The molecule has 2 aromatic rings. The lowest BCUT2D eigenvalue weighted by Crippen LogP contribution is -2.31. The second kappa shape index (κ2) is 8.39. The average Bonchev–Trinajstić information content (AvgIpc) is 2.91. The molecule has 3 rings (SSSR count). The molecule has 0 bridgehead atoms. The van der Waals surface area contributed by atoms with E-state index < -0.39 is 0 Å². The van der Waals surface area contributed by atoms with Crippen LogP contribution in [0.25, 0.3) is 0 Å². The van der Waals surface area contributed by atoms with Gasteiger partial charge in [-0.25, -0.2) is 0 Å². The number of amidine groups is 1. The molecule has 0 radical (unpaired) electrons. The highest BCUT2D eigenvalue weighted by Gasteiger charge is 2.35. The molecule has 2 aromatic carbocycles. The lowest BCUT2D eigenvalue weighted by molar-refractivity contribution is -0.126. The number of hydrogen-bond acceptors (Lipinski definition) is 5. The van der Waals surface area contributed by atoms with Crippen LogP contribution < -0.4 is 4.90 Å². The molecular weight excluding hydrogens is 356 g/mol. The zero-order valence-electron chi connectivity index (χ0n) is 16.1. The Balaban J connectivity index is 1.76. The van der Waals surface area contributed by atoms with E-state index in [9.17, 15) is 4.79 Å². The standard InChI is InChI=1S/C21H24N4OS/c1-15-7-5-6-8-18(15)14-25-20(26)16(2)27-21(25)23-22-13-17-9-11-19(12-10-17)24(3)4/h5-13,16H,14H2,1-4H3. The van der Waals surface area contributed by atoms with Crippen molar-refractivity contribution in [2.24, 2.45) is 10.2 Å². The summed E-state index contributed by atoms with van der Waals surface area (Å²) in [4.78, 5) is 16.3. The molecule has 1 unspecified atom stereocenters. The summed E-state index contributed by atoms with van der Waals surface area (Å²) in [5.74, 6) is 0.0764.